The normalized spacial score (nSPS) is 13.3. The van der Waals surface area contributed by atoms with E-state index in [2.05, 4.69) is 10.3 Å². The van der Waals surface area contributed by atoms with Crippen molar-refractivity contribution in [1.82, 2.24) is 4.98 Å². The van der Waals surface area contributed by atoms with Gasteiger partial charge in [0.15, 0.2) is 18.2 Å². The maximum absolute atomic E-state index is 14.2. The molecule has 0 spiro atoms. The molecule has 5 nitrogen and oxygen atoms in total. The van der Waals surface area contributed by atoms with Gasteiger partial charge in [-0.25, -0.2) is 4.39 Å². The molecule has 0 saturated heterocycles. The highest BCUT2D eigenvalue weighted by atomic mass is 19.1. The fourth-order valence-electron chi connectivity index (χ4n) is 2.86. The number of carbonyl (C=O) groups excluding carboxylic acids is 1. The van der Waals surface area contributed by atoms with Crippen LogP contribution in [0.5, 0.6) is 5.75 Å². The Hall–Kier alpha value is -3.15. The first-order valence-corrected chi connectivity index (χ1v) is 7.46. The lowest BCUT2D eigenvalue weighted by Gasteiger charge is -2.19. The second kappa shape index (κ2) is 5.49. The smallest absolute Gasteiger partial charge is 0.262 e. The Morgan fingerprint density at radius 2 is 1.96 bits per heavy atom. The minimum absolute atomic E-state index is 0.0331. The van der Waals surface area contributed by atoms with Gasteiger partial charge in [-0.15, -0.1) is 0 Å². The summed E-state index contributed by atoms with van der Waals surface area (Å²) < 4.78 is 19.3. The van der Waals surface area contributed by atoms with Crippen molar-refractivity contribution in [2.75, 3.05) is 11.9 Å². The zero-order valence-corrected chi connectivity index (χ0v) is 12.6. The van der Waals surface area contributed by atoms with Crippen LogP contribution in [-0.2, 0) is 11.2 Å². The topological polar surface area (TPSA) is 71.2 Å². The molecule has 0 aliphatic carbocycles. The van der Waals surface area contributed by atoms with Crippen LogP contribution in [0.4, 0.5) is 10.1 Å². The Labute approximate surface area is 136 Å². The van der Waals surface area contributed by atoms with Gasteiger partial charge >= 0.3 is 0 Å². The van der Waals surface area contributed by atoms with Gasteiger partial charge in [-0.1, -0.05) is 18.2 Å². The number of rotatable bonds is 2. The number of pyridine rings is 1. The highest BCUT2D eigenvalue weighted by molar-refractivity contribution is 5.95. The molecule has 24 heavy (non-hydrogen) atoms. The fraction of sp³-hybridized carbons (Fsp3) is 0.111. The second-order valence-electron chi connectivity index (χ2n) is 5.68. The van der Waals surface area contributed by atoms with Crippen LogP contribution in [0.1, 0.15) is 11.1 Å². The molecule has 2 aromatic carbocycles. The minimum atomic E-state index is -0.556. The number of hydrogen-bond donors (Lipinski definition) is 2. The number of anilines is 1. The lowest BCUT2D eigenvalue weighted by Crippen LogP contribution is -2.26. The summed E-state index contributed by atoms with van der Waals surface area (Å²) in [5.74, 6) is -0.854. The van der Waals surface area contributed by atoms with Crippen LogP contribution in [0.2, 0.25) is 0 Å². The number of H-pyrrole nitrogens is 1. The molecule has 1 aliphatic rings. The Bertz CT molecular complexity index is 1030. The third-order valence-corrected chi connectivity index (χ3v) is 3.95. The van der Waals surface area contributed by atoms with E-state index in [4.69, 9.17) is 4.74 Å². The lowest BCUT2D eigenvalue weighted by molar-refractivity contribution is -0.118. The lowest BCUT2D eigenvalue weighted by atomic mass is 10.0. The van der Waals surface area contributed by atoms with E-state index in [1.165, 1.54) is 6.07 Å². The Kier molecular flexibility index (Phi) is 3.30. The number of halogens is 1. The summed E-state index contributed by atoms with van der Waals surface area (Å²) in [6.45, 7) is -0.201. The number of aromatic amines is 1. The van der Waals surface area contributed by atoms with Crippen LogP contribution in [-0.4, -0.2) is 17.5 Å². The first-order chi connectivity index (χ1) is 11.6. The van der Waals surface area contributed by atoms with E-state index in [-0.39, 0.29) is 30.2 Å². The van der Waals surface area contributed by atoms with E-state index < -0.39 is 5.82 Å². The number of hydrogen-bond acceptors (Lipinski definition) is 3. The van der Waals surface area contributed by atoms with E-state index in [9.17, 15) is 14.0 Å². The first kappa shape index (κ1) is 14.4. The maximum atomic E-state index is 14.2. The maximum Gasteiger partial charge on any atom is 0.262 e. The van der Waals surface area contributed by atoms with E-state index in [1.54, 1.807) is 12.1 Å². The van der Waals surface area contributed by atoms with Crippen molar-refractivity contribution >= 4 is 22.5 Å². The summed E-state index contributed by atoms with van der Waals surface area (Å²) in [6, 6.07) is 12.2. The quantitative estimate of drug-likeness (QED) is 0.761. The summed E-state index contributed by atoms with van der Waals surface area (Å²) in [6.07, 6.45) is 0.250. The molecule has 0 saturated carbocycles. The average molecular weight is 324 g/mol. The summed E-state index contributed by atoms with van der Waals surface area (Å²) in [7, 11) is 0. The molecule has 120 valence electrons. The van der Waals surface area contributed by atoms with Crippen LogP contribution < -0.4 is 15.6 Å². The van der Waals surface area contributed by atoms with Gasteiger partial charge < -0.3 is 15.0 Å². The number of ether oxygens (including phenoxy) is 1. The number of benzene rings is 2. The highest BCUT2D eigenvalue weighted by Gasteiger charge is 2.21. The van der Waals surface area contributed by atoms with Crippen molar-refractivity contribution in [1.29, 1.82) is 0 Å². The van der Waals surface area contributed by atoms with Crippen molar-refractivity contribution in [2.45, 2.75) is 6.42 Å². The molecule has 4 rings (SSSR count). The number of fused-ring (bicyclic) bond motifs is 2. The van der Waals surface area contributed by atoms with E-state index in [0.717, 1.165) is 10.9 Å². The van der Waals surface area contributed by atoms with Crippen molar-refractivity contribution in [3.63, 3.8) is 0 Å². The number of para-hydroxylation sites is 1. The van der Waals surface area contributed by atoms with Gasteiger partial charge in [0.1, 0.15) is 0 Å². The van der Waals surface area contributed by atoms with Gasteiger partial charge in [-0.05, 0) is 35.2 Å². The molecule has 0 radical (unpaired) electrons. The van der Waals surface area contributed by atoms with Crippen molar-refractivity contribution in [3.05, 3.63) is 69.8 Å². The van der Waals surface area contributed by atoms with Crippen molar-refractivity contribution in [3.8, 4) is 5.75 Å². The molecule has 6 heteroatoms. The van der Waals surface area contributed by atoms with Crippen LogP contribution in [0.3, 0.4) is 0 Å². The van der Waals surface area contributed by atoms with Gasteiger partial charge in [0.2, 0.25) is 0 Å². The molecule has 0 atom stereocenters. The zero-order chi connectivity index (χ0) is 16.7. The molecule has 3 aromatic rings. The molecule has 1 aromatic heterocycles. The van der Waals surface area contributed by atoms with Gasteiger partial charge in [0, 0.05) is 17.5 Å². The van der Waals surface area contributed by atoms with Crippen LogP contribution in [0.25, 0.3) is 10.9 Å². The van der Waals surface area contributed by atoms with Gasteiger partial charge in [-0.2, -0.15) is 0 Å². The number of aromatic nitrogens is 1. The van der Waals surface area contributed by atoms with Crippen molar-refractivity contribution in [2.24, 2.45) is 0 Å². The molecular formula is C18H13FN2O3. The Morgan fingerprint density at radius 1 is 1.12 bits per heavy atom. The first-order valence-electron chi connectivity index (χ1n) is 7.46. The minimum Gasteiger partial charge on any atom is -0.478 e. The third kappa shape index (κ3) is 2.52. The largest absolute Gasteiger partial charge is 0.478 e. The van der Waals surface area contributed by atoms with Crippen LogP contribution in [0, 0.1) is 5.82 Å². The monoisotopic (exact) mass is 324 g/mol. The van der Waals surface area contributed by atoms with E-state index in [0.29, 0.717) is 16.8 Å². The Morgan fingerprint density at radius 3 is 2.83 bits per heavy atom. The molecule has 2 N–H and O–H groups in total. The molecular weight excluding hydrogens is 311 g/mol. The summed E-state index contributed by atoms with van der Waals surface area (Å²) in [5.41, 5.74) is 1.93. The Balaban J connectivity index is 1.74. The SMILES string of the molecule is O=C1COc2c(F)cc(Cc3cc4ccccc4[nH]c3=O)cc2N1. The molecule has 2 heterocycles. The number of amides is 1. The van der Waals surface area contributed by atoms with E-state index in [1.807, 2.05) is 24.3 Å². The number of nitrogens with one attached hydrogen (secondary N) is 2. The predicted molar refractivity (Wildman–Crippen MR) is 87.9 cm³/mol. The standard InChI is InChI=1S/C18H13FN2O3/c19-13-6-10(7-15-17(13)24-9-16(22)20-15)5-12-8-11-3-1-2-4-14(11)21-18(12)23/h1-4,6-8H,5,9H2,(H,20,22)(H,21,23). The predicted octanol–water partition coefficient (Wildman–Crippen LogP) is 2.59. The molecule has 0 fully saturated rings. The molecule has 0 bridgehead atoms. The fourth-order valence-corrected chi connectivity index (χ4v) is 2.86. The summed E-state index contributed by atoms with van der Waals surface area (Å²) in [5, 5.41) is 3.49. The summed E-state index contributed by atoms with van der Waals surface area (Å²) in [4.78, 5) is 26.4. The zero-order valence-electron chi connectivity index (χ0n) is 12.6. The average Bonchev–Trinajstić information content (AvgIpc) is 2.55. The van der Waals surface area contributed by atoms with Gasteiger partial charge in [-0.3, -0.25) is 9.59 Å². The second-order valence-corrected chi connectivity index (χ2v) is 5.68. The number of carbonyl (C=O) groups is 1. The highest BCUT2D eigenvalue weighted by Crippen LogP contribution is 2.32. The van der Waals surface area contributed by atoms with Crippen LogP contribution in [0.15, 0.2) is 47.3 Å². The molecule has 1 aliphatic heterocycles. The molecule has 0 unspecified atom stereocenters. The van der Waals surface area contributed by atoms with E-state index >= 15 is 0 Å². The van der Waals surface area contributed by atoms with Crippen LogP contribution >= 0.6 is 0 Å². The van der Waals surface area contributed by atoms with Gasteiger partial charge in [0.05, 0.1) is 5.69 Å². The van der Waals surface area contributed by atoms with Crippen molar-refractivity contribution < 1.29 is 13.9 Å². The third-order valence-electron chi connectivity index (χ3n) is 3.95. The van der Waals surface area contributed by atoms with Gasteiger partial charge in [0.25, 0.3) is 11.5 Å². The molecule has 1 amide bonds. The summed E-state index contributed by atoms with van der Waals surface area (Å²) >= 11 is 0.